The number of rotatable bonds is 5. The number of allylic oxidation sites excluding steroid dienone is 4. The fraction of sp³-hybridized carbons (Fsp3) is 0.367. The summed E-state index contributed by atoms with van der Waals surface area (Å²) in [5.41, 5.74) is 7.23. The Kier molecular flexibility index (Phi) is 6.52. The minimum atomic E-state index is -0.453. The third kappa shape index (κ3) is 4.36. The first-order valence-corrected chi connectivity index (χ1v) is 12.7. The Morgan fingerprint density at radius 1 is 0.917 bits per heavy atom. The third-order valence-corrected chi connectivity index (χ3v) is 7.62. The molecule has 6 heteroatoms. The molecule has 0 bridgehead atoms. The van der Waals surface area contributed by atoms with E-state index in [0.717, 1.165) is 59.5 Å². The van der Waals surface area contributed by atoms with Gasteiger partial charge in [0.1, 0.15) is 5.75 Å². The molecule has 2 aliphatic carbocycles. The van der Waals surface area contributed by atoms with Crippen LogP contribution in [0.25, 0.3) is 0 Å². The quantitative estimate of drug-likeness (QED) is 0.618. The van der Waals surface area contributed by atoms with E-state index in [1.165, 1.54) is 0 Å². The molecule has 0 saturated heterocycles. The van der Waals surface area contributed by atoms with Gasteiger partial charge in [0.05, 0.1) is 0 Å². The second kappa shape index (κ2) is 9.76. The van der Waals surface area contributed by atoms with Crippen molar-refractivity contribution in [3.8, 4) is 5.75 Å². The molecule has 0 fully saturated rings. The number of ketones is 2. The van der Waals surface area contributed by atoms with Crippen molar-refractivity contribution in [3.63, 3.8) is 0 Å². The Bertz CT molecular complexity index is 1280. The molecule has 1 N–H and O–H groups in total. The second-order valence-corrected chi connectivity index (χ2v) is 9.94. The average Bonchev–Trinajstić information content (AvgIpc) is 2.86. The molecule has 2 aromatic carbocycles. The summed E-state index contributed by atoms with van der Waals surface area (Å²) < 4.78 is 6.04. The molecule has 5 rings (SSSR count). The van der Waals surface area contributed by atoms with Crippen LogP contribution in [0.5, 0.6) is 5.75 Å². The number of nitrogens with one attached hydrogen (secondary N) is 1. The van der Waals surface area contributed by atoms with Gasteiger partial charge in [-0.25, -0.2) is 0 Å². The summed E-state index contributed by atoms with van der Waals surface area (Å²) in [4.78, 5) is 41.3. The van der Waals surface area contributed by atoms with Gasteiger partial charge in [0.2, 0.25) is 0 Å². The SMILES string of the molecule is Cc1ccc(NC(=O)COc2ccccc2C2C3=C(CCCC3=O)N(C)C3=C2C(=O)CCC3)cc1C. The van der Waals surface area contributed by atoms with E-state index >= 15 is 0 Å². The van der Waals surface area contributed by atoms with Crippen molar-refractivity contribution in [2.45, 2.75) is 58.3 Å². The molecule has 0 saturated carbocycles. The van der Waals surface area contributed by atoms with Gasteiger partial charge in [-0.05, 0) is 68.9 Å². The van der Waals surface area contributed by atoms with Gasteiger partial charge in [0.15, 0.2) is 18.2 Å². The summed E-state index contributed by atoms with van der Waals surface area (Å²) in [5, 5.41) is 2.89. The van der Waals surface area contributed by atoms with Gasteiger partial charge in [-0.2, -0.15) is 0 Å². The molecule has 0 spiro atoms. The van der Waals surface area contributed by atoms with Crippen molar-refractivity contribution >= 4 is 23.2 Å². The molecule has 1 heterocycles. The van der Waals surface area contributed by atoms with Crippen LogP contribution in [0.4, 0.5) is 5.69 Å². The standard InChI is InChI=1S/C30H32N2O4/c1-18-14-15-20(16-19(18)2)31-27(35)17-36-26-13-5-4-8-21(26)28-29-22(9-6-11-24(29)33)32(3)23-10-7-12-25(34)30(23)28/h4-5,8,13-16,28H,6-7,9-12,17H2,1-3H3,(H,31,35). The van der Waals surface area contributed by atoms with Crippen molar-refractivity contribution < 1.29 is 19.1 Å². The van der Waals surface area contributed by atoms with Crippen LogP contribution in [-0.2, 0) is 14.4 Å². The first-order chi connectivity index (χ1) is 17.3. The average molecular weight is 485 g/mol. The number of hydrogen-bond donors (Lipinski definition) is 1. The Morgan fingerprint density at radius 2 is 1.56 bits per heavy atom. The molecule has 186 valence electrons. The number of anilines is 1. The lowest BCUT2D eigenvalue weighted by atomic mass is 9.71. The maximum atomic E-state index is 13.2. The Labute approximate surface area is 212 Å². The van der Waals surface area contributed by atoms with Crippen LogP contribution < -0.4 is 10.1 Å². The molecule has 0 aromatic heterocycles. The predicted molar refractivity (Wildman–Crippen MR) is 139 cm³/mol. The zero-order chi connectivity index (χ0) is 25.4. The van der Waals surface area contributed by atoms with Crippen molar-refractivity contribution in [2.24, 2.45) is 0 Å². The first kappa shape index (κ1) is 24.0. The van der Waals surface area contributed by atoms with Crippen LogP contribution in [0.3, 0.4) is 0 Å². The lowest BCUT2D eigenvalue weighted by Crippen LogP contribution is -2.37. The molecule has 6 nitrogen and oxygen atoms in total. The number of hydrogen-bond acceptors (Lipinski definition) is 5. The maximum absolute atomic E-state index is 13.2. The van der Waals surface area contributed by atoms with Crippen LogP contribution in [0.2, 0.25) is 0 Å². The molecule has 0 radical (unpaired) electrons. The number of nitrogens with zero attached hydrogens (tertiary/aromatic N) is 1. The van der Waals surface area contributed by atoms with Gasteiger partial charge >= 0.3 is 0 Å². The summed E-state index contributed by atoms with van der Waals surface area (Å²) in [7, 11) is 1.98. The van der Waals surface area contributed by atoms with E-state index in [2.05, 4.69) is 10.2 Å². The van der Waals surface area contributed by atoms with Crippen molar-refractivity contribution in [2.75, 3.05) is 19.0 Å². The summed E-state index contributed by atoms with van der Waals surface area (Å²) >= 11 is 0. The lowest BCUT2D eigenvalue weighted by molar-refractivity contribution is -0.119. The van der Waals surface area contributed by atoms with E-state index in [1.54, 1.807) is 0 Å². The highest BCUT2D eigenvalue weighted by atomic mass is 16.5. The minimum absolute atomic E-state index is 0.0975. The van der Waals surface area contributed by atoms with Crippen molar-refractivity contribution in [3.05, 3.63) is 81.7 Å². The van der Waals surface area contributed by atoms with Crippen molar-refractivity contribution in [1.29, 1.82) is 0 Å². The van der Waals surface area contributed by atoms with E-state index in [1.807, 2.05) is 63.4 Å². The van der Waals surface area contributed by atoms with E-state index < -0.39 is 5.92 Å². The number of Topliss-reactive ketones (excluding diaryl/α,β-unsaturated/α-hetero) is 2. The van der Waals surface area contributed by atoms with Crippen LogP contribution >= 0.6 is 0 Å². The number of amides is 1. The largest absolute Gasteiger partial charge is 0.483 e. The molecule has 0 atom stereocenters. The number of benzene rings is 2. The molecule has 2 aromatic rings. The van der Waals surface area contributed by atoms with Gasteiger partial charge in [-0.1, -0.05) is 24.3 Å². The highest BCUT2D eigenvalue weighted by Crippen LogP contribution is 2.50. The van der Waals surface area contributed by atoms with Gasteiger partial charge < -0.3 is 15.0 Å². The summed E-state index contributed by atoms with van der Waals surface area (Å²) in [6, 6.07) is 13.3. The molecule has 1 amide bonds. The van der Waals surface area contributed by atoms with Gasteiger partial charge in [-0.15, -0.1) is 0 Å². The van der Waals surface area contributed by atoms with Crippen LogP contribution in [0.15, 0.2) is 65.0 Å². The summed E-state index contributed by atoms with van der Waals surface area (Å²) in [6.07, 6.45) is 4.26. The summed E-state index contributed by atoms with van der Waals surface area (Å²) in [6.45, 7) is 3.86. The molecule has 3 aliphatic rings. The fourth-order valence-corrected chi connectivity index (χ4v) is 5.67. The second-order valence-electron chi connectivity index (χ2n) is 9.94. The highest BCUT2D eigenvalue weighted by molar-refractivity contribution is 6.06. The maximum Gasteiger partial charge on any atom is 0.262 e. The van der Waals surface area contributed by atoms with Gasteiger partial charge in [0.25, 0.3) is 5.91 Å². The number of carbonyl (C=O) groups excluding carboxylic acids is 3. The molecular formula is C30H32N2O4. The van der Waals surface area contributed by atoms with E-state index in [0.29, 0.717) is 29.7 Å². The van der Waals surface area contributed by atoms with E-state index in [4.69, 9.17) is 4.74 Å². The normalized spacial score (nSPS) is 18.2. The molecule has 36 heavy (non-hydrogen) atoms. The summed E-state index contributed by atoms with van der Waals surface area (Å²) in [5.74, 6) is 0.00268. The molecule has 0 unspecified atom stereocenters. The van der Waals surface area contributed by atoms with Gasteiger partial charge in [-0.3, -0.25) is 14.4 Å². The number of aryl methyl sites for hydroxylation is 2. The number of ether oxygens (including phenoxy) is 1. The number of para-hydroxylation sites is 1. The lowest BCUT2D eigenvalue weighted by Gasteiger charge is -2.42. The zero-order valence-corrected chi connectivity index (χ0v) is 21.1. The zero-order valence-electron chi connectivity index (χ0n) is 21.1. The van der Waals surface area contributed by atoms with E-state index in [-0.39, 0.29) is 24.1 Å². The third-order valence-electron chi connectivity index (χ3n) is 7.62. The Balaban J connectivity index is 1.47. The monoisotopic (exact) mass is 484 g/mol. The molecule has 1 aliphatic heterocycles. The van der Waals surface area contributed by atoms with Crippen LogP contribution in [0, 0.1) is 13.8 Å². The topological polar surface area (TPSA) is 75.7 Å². The smallest absolute Gasteiger partial charge is 0.262 e. The number of carbonyl (C=O) groups is 3. The fourth-order valence-electron chi connectivity index (χ4n) is 5.67. The highest BCUT2D eigenvalue weighted by Gasteiger charge is 2.43. The van der Waals surface area contributed by atoms with Crippen LogP contribution in [-0.4, -0.2) is 36.0 Å². The van der Waals surface area contributed by atoms with E-state index in [9.17, 15) is 14.4 Å². The van der Waals surface area contributed by atoms with Crippen LogP contribution in [0.1, 0.15) is 61.1 Å². The predicted octanol–water partition coefficient (Wildman–Crippen LogP) is 5.36. The Hall–Kier alpha value is -3.67. The molecular weight excluding hydrogens is 452 g/mol. The van der Waals surface area contributed by atoms with Gasteiger partial charge in [0, 0.05) is 59.6 Å². The first-order valence-electron chi connectivity index (χ1n) is 12.7. The minimum Gasteiger partial charge on any atom is -0.483 e. The Morgan fingerprint density at radius 3 is 2.19 bits per heavy atom. The van der Waals surface area contributed by atoms with Crippen molar-refractivity contribution in [1.82, 2.24) is 4.90 Å².